The molecule has 0 unspecified atom stereocenters. The zero-order valence-corrected chi connectivity index (χ0v) is 9.55. The van der Waals surface area contributed by atoms with Gasteiger partial charge in [-0.25, -0.2) is 0 Å². The van der Waals surface area contributed by atoms with Crippen molar-refractivity contribution in [2.24, 2.45) is 0 Å². The average Bonchev–Trinajstić information content (AvgIpc) is 2.70. The van der Waals surface area contributed by atoms with Gasteiger partial charge in [0.15, 0.2) is 10.9 Å². The predicted molar refractivity (Wildman–Crippen MR) is 59.6 cm³/mol. The van der Waals surface area contributed by atoms with Crippen molar-refractivity contribution < 1.29 is 4.74 Å². The summed E-state index contributed by atoms with van der Waals surface area (Å²) in [5, 5.41) is 11.9. The lowest BCUT2D eigenvalue weighted by molar-refractivity contribution is 0.454. The van der Waals surface area contributed by atoms with E-state index in [1.165, 1.54) is 0 Å². The maximum Gasteiger partial charge on any atom is 0.239 e. The molecule has 0 radical (unpaired) electrons. The maximum absolute atomic E-state index is 5.61. The summed E-state index contributed by atoms with van der Waals surface area (Å²) in [4.78, 5) is 0. The highest BCUT2D eigenvalue weighted by Crippen LogP contribution is 2.18. The van der Waals surface area contributed by atoms with Crippen LogP contribution in [0.25, 0.3) is 0 Å². The van der Waals surface area contributed by atoms with E-state index in [9.17, 15) is 0 Å². The van der Waals surface area contributed by atoms with E-state index in [0.717, 1.165) is 13.0 Å². The number of nitrogens with zero attached hydrogens (tertiary/aromatic N) is 4. The highest BCUT2D eigenvalue weighted by atomic mass is 35.5. The monoisotopic (exact) mass is 238 g/mol. The van der Waals surface area contributed by atoms with E-state index in [1.54, 1.807) is 18.3 Å². The largest absolute Gasteiger partial charge is 0.434 e. The van der Waals surface area contributed by atoms with E-state index in [1.807, 2.05) is 10.9 Å². The van der Waals surface area contributed by atoms with Crippen molar-refractivity contribution in [3.05, 3.63) is 29.7 Å². The van der Waals surface area contributed by atoms with Crippen LogP contribution in [0, 0.1) is 0 Å². The summed E-state index contributed by atoms with van der Waals surface area (Å²) in [6.07, 6.45) is 4.49. The predicted octanol–water partition coefficient (Wildman–Crippen LogP) is 2.53. The molecule has 0 bridgehead atoms. The molecule has 0 fully saturated rings. The van der Waals surface area contributed by atoms with Gasteiger partial charge in [0, 0.05) is 12.6 Å². The highest BCUT2D eigenvalue weighted by molar-refractivity contribution is 6.29. The van der Waals surface area contributed by atoms with Gasteiger partial charge in [0.05, 0.1) is 12.4 Å². The minimum absolute atomic E-state index is 0.342. The van der Waals surface area contributed by atoms with Crippen LogP contribution in [0.15, 0.2) is 24.5 Å². The van der Waals surface area contributed by atoms with Crippen molar-refractivity contribution in [3.63, 3.8) is 0 Å². The third-order valence-electron chi connectivity index (χ3n) is 1.89. The highest BCUT2D eigenvalue weighted by Gasteiger charge is 2.02. The lowest BCUT2D eigenvalue weighted by Crippen LogP contribution is -1.95. The minimum atomic E-state index is 0.342. The number of aryl methyl sites for hydroxylation is 1. The van der Waals surface area contributed by atoms with E-state index in [-0.39, 0.29) is 0 Å². The molecular weight excluding hydrogens is 228 g/mol. The summed E-state index contributed by atoms with van der Waals surface area (Å²) >= 11 is 5.61. The molecular formula is C10H11ClN4O. The van der Waals surface area contributed by atoms with Gasteiger partial charge in [-0.15, -0.1) is 10.2 Å². The Balaban J connectivity index is 2.05. The lowest BCUT2D eigenvalue weighted by atomic mass is 10.5. The van der Waals surface area contributed by atoms with Gasteiger partial charge < -0.3 is 4.74 Å². The van der Waals surface area contributed by atoms with Gasteiger partial charge in [0.2, 0.25) is 5.88 Å². The molecule has 0 atom stereocenters. The zero-order valence-electron chi connectivity index (χ0n) is 8.80. The van der Waals surface area contributed by atoms with Crippen LogP contribution in [0.1, 0.15) is 13.3 Å². The molecule has 0 aliphatic heterocycles. The fraction of sp³-hybridized carbons (Fsp3) is 0.300. The first-order valence-corrected chi connectivity index (χ1v) is 5.35. The molecule has 16 heavy (non-hydrogen) atoms. The molecule has 0 saturated carbocycles. The molecule has 2 heterocycles. The van der Waals surface area contributed by atoms with Gasteiger partial charge in [0.25, 0.3) is 0 Å². The number of ether oxygens (including phenoxy) is 1. The fourth-order valence-corrected chi connectivity index (χ4v) is 1.33. The minimum Gasteiger partial charge on any atom is -0.434 e. The summed E-state index contributed by atoms with van der Waals surface area (Å²) in [6, 6.07) is 3.28. The van der Waals surface area contributed by atoms with Gasteiger partial charge in [-0.3, -0.25) is 4.68 Å². The Morgan fingerprint density at radius 2 is 2.25 bits per heavy atom. The first-order valence-electron chi connectivity index (χ1n) is 4.97. The van der Waals surface area contributed by atoms with Crippen molar-refractivity contribution in [1.82, 2.24) is 20.0 Å². The SMILES string of the molecule is CCCn1cc(Oc2ccc(Cl)nn2)cn1. The van der Waals surface area contributed by atoms with Gasteiger partial charge >= 0.3 is 0 Å². The third-order valence-corrected chi connectivity index (χ3v) is 2.09. The second-order valence-electron chi connectivity index (χ2n) is 3.24. The molecule has 84 valence electrons. The van der Waals surface area contributed by atoms with Gasteiger partial charge in [-0.1, -0.05) is 18.5 Å². The Morgan fingerprint density at radius 1 is 1.38 bits per heavy atom. The van der Waals surface area contributed by atoms with Crippen LogP contribution in [0.3, 0.4) is 0 Å². The van der Waals surface area contributed by atoms with Crippen LogP contribution >= 0.6 is 11.6 Å². The molecule has 0 N–H and O–H groups in total. The fourth-order valence-electron chi connectivity index (χ4n) is 1.23. The second-order valence-corrected chi connectivity index (χ2v) is 3.62. The Bertz CT molecular complexity index is 454. The summed E-state index contributed by atoms with van der Waals surface area (Å²) in [5.41, 5.74) is 0. The van der Waals surface area contributed by atoms with Crippen LogP contribution in [0.4, 0.5) is 0 Å². The number of hydrogen-bond acceptors (Lipinski definition) is 4. The maximum atomic E-state index is 5.61. The van der Waals surface area contributed by atoms with E-state index in [2.05, 4.69) is 22.2 Å². The summed E-state index contributed by atoms with van der Waals surface area (Å²) in [5.74, 6) is 1.05. The van der Waals surface area contributed by atoms with Crippen LogP contribution in [0.2, 0.25) is 5.15 Å². The third kappa shape index (κ3) is 2.70. The normalized spacial score (nSPS) is 10.4. The van der Waals surface area contributed by atoms with Gasteiger partial charge in [-0.2, -0.15) is 5.10 Å². The van der Waals surface area contributed by atoms with Crippen LogP contribution in [0.5, 0.6) is 11.6 Å². The van der Waals surface area contributed by atoms with Crippen molar-refractivity contribution in [1.29, 1.82) is 0 Å². The summed E-state index contributed by atoms with van der Waals surface area (Å²) in [7, 11) is 0. The van der Waals surface area contributed by atoms with E-state index in [4.69, 9.17) is 16.3 Å². The molecule has 2 aromatic rings. The standard InChI is InChI=1S/C10H11ClN4O/c1-2-5-15-7-8(6-12-15)16-10-4-3-9(11)13-14-10/h3-4,6-7H,2,5H2,1H3. The Kier molecular flexibility index (Phi) is 3.36. The number of rotatable bonds is 4. The summed E-state index contributed by atoms with van der Waals surface area (Å²) in [6.45, 7) is 2.96. The van der Waals surface area contributed by atoms with Crippen LogP contribution < -0.4 is 4.74 Å². The quantitative estimate of drug-likeness (QED) is 0.821. The molecule has 0 spiro atoms. The number of aromatic nitrogens is 4. The van der Waals surface area contributed by atoms with E-state index in [0.29, 0.717) is 16.8 Å². The lowest BCUT2D eigenvalue weighted by Gasteiger charge is -1.99. The first kappa shape index (κ1) is 10.9. The summed E-state index contributed by atoms with van der Waals surface area (Å²) < 4.78 is 7.26. The topological polar surface area (TPSA) is 52.8 Å². The molecule has 0 aliphatic rings. The van der Waals surface area contributed by atoms with Crippen LogP contribution in [-0.2, 0) is 6.54 Å². The first-order chi connectivity index (χ1) is 7.78. The molecule has 0 amide bonds. The van der Waals surface area contributed by atoms with Crippen molar-refractivity contribution in [3.8, 4) is 11.6 Å². The van der Waals surface area contributed by atoms with Gasteiger partial charge in [0.1, 0.15) is 0 Å². The molecule has 0 saturated heterocycles. The number of hydrogen-bond donors (Lipinski definition) is 0. The molecule has 5 nitrogen and oxygen atoms in total. The van der Waals surface area contributed by atoms with E-state index < -0.39 is 0 Å². The van der Waals surface area contributed by atoms with Crippen LogP contribution in [-0.4, -0.2) is 20.0 Å². The molecule has 0 aliphatic carbocycles. The zero-order chi connectivity index (χ0) is 11.4. The Hall–Kier alpha value is -1.62. The molecule has 2 aromatic heterocycles. The van der Waals surface area contributed by atoms with E-state index >= 15 is 0 Å². The Labute approximate surface area is 98.0 Å². The molecule has 6 heteroatoms. The average molecular weight is 239 g/mol. The Morgan fingerprint density at radius 3 is 2.94 bits per heavy atom. The molecule has 0 aromatic carbocycles. The van der Waals surface area contributed by atoms with Crippen molar-refractivity contribution >= 4 is 11.6 Å². The molecule has 2 rings (SSSR count). The number of halogens is 1. The smallest absolute Gasteiger partial charge is 0.239 e. The van der Waals surface area contributed by atoms with Crippen molar-refractivity contribution in [2.75, 3.05) is 0 Å². The van der Waals surface area contributed by atoms with Gasteiger partial charge in [-0.05, 0) is 12.5 Å². The van der Waals surface area contributed by atoms with Crippen molar-refractivity contribution in [2.45, 2.75) is 19.9 Å². The second kappa shape index (κ2) is 4.94.